The summed E-state index contributed by atoms with van der Waals surface area (Å²) in [5.74, 6) is -0.302. The number of aliphatic carboxylic acids is 1. The third-order valence-corrected chi connectivity index (χ3v) is 6.49. The van der Waals surface area contributed by atoms with Crippen molar-refractivity contribution < 1.29 is 9.90 Å². The van der Waals surface area contributed by atoms with Crippen LogP contribution in [0.15, 0.2) is 30.5 Å². The number of hydrogen-bond donors (Lipinski definition) is 1. The van der Waals surface area contributed by atoms with Crippen LogP contribution >= 0.6 is 11.3 Å². The Balaban J connectivity index is 1.65. The monoisotopic (exact) mass is 387 g/mol. The van der Waals surface area contributed by atoms with Gasteiger partial charge in [-0.15, -0.1) is 11.3 Å². The van der Waals surface area contributed by atoms with Gasteiger partial charge in [-0.25, -0.2) is 4.98 Å². The van der Waals surface area contributed by atoms with Crippen LogP contribution < -0.4 is 0 Å². The molecule has 0 amide bonds. The highest BCUT2D eigenvalue weighted by Gasteiger charge is 2.31. The lowest BCUT2D eigenvalue weighted by Gasteiger charge is -2.41. The molecular weight excluding hydrogens is 358 g/mol. The fraction of sp³-hybridized carbons (Fsp3) is 0.524. The third kappa shape index (κ3) is 5.15. The Labute approximate surface area is 165 Å². The molecule has 2 aromatic rings. The predicted molar refractivity (Wildman–Crippen MR) is 110 cm³/mol. The van der Waals surface area contributed by atoms with Crippen molar-refractivity contribution in [3.63, 3.8) is 0 Å². The molecule has 0 aliphatic carbocycles. The molecule has 0 bridgehead atoms. The molecule has 1 aliphatic heterocycles. The van der Waals surface area contributed by atoms with Crippen LogP contribution in [0.5, 0.6) is 0 Å². The van der Waals surface area contributed by atoms with Gasteiger partial charge in [-0.1, -0.05) is 24.3 Å². The molecule has 1 aromatic carbocycles. The first-order valence-electron chi connectivity index (χ1n) is 9.55. The number of benzene rings is 1. The number of aromatic nitrogens is 1. The minimum atomic E-state index is -0.699. The molecule has 2 atom stereocenters. The zero-order chi connectivity index (χ0) is 19.4. The Morgan fingerprint density at radius 1 is 1.37 bits per heavy atom. The second kappa shape index (κ2) is 8.95. The Morgan fingerprint density at radius 3 is 2.85 bits per heavy atom. The van der Waals surface area contributed by atoms with Crippen molar-refractivity contribution in [1.82, 2.24) is 14.8 Å². The summed E-state index contributed by atoms with van der Waals surface area (Å²) in [5.41, 5.74) is 2.46. The molecule has 1 fully saturated rings. The van der Waals surface area contributed by atoms with E-state index in [1.165, 1.54) is 16.0 Å². The molecule has 146 valence electrons. The first-order chi connectivity index (χ1) is 12.9. The van der Waals surface area contributed by atoms with Gasteiger partial charge in [0.15, 0.2) is 0 Å². The molecule has 1 N–H and O–H groups in total. The molecule has 5 nitrogen and oxygen atoms in total. The topological polar surface area (TPSA) is 56.7 Å². The molecule has 0 spiro atoms. The van der Waals surface area contributed by atoms with Crippen LogP contribution in [-0.4, -0.2) is 59.1 Å². The van der Waals surface area contributed by atoms with E-state index >= 15 is 0 Å². The van der Waals surface area contributed by atoms with Crippen molar-refractivity contribution in [2.45, 2.75) is 38.8 Å². The maximum atomic E-state index is 11.0. The number of piperidine rings is 1. The van der Waals surface area contributed by atoms with Crippen molar-refractivity contribution in [1.29, 1.82) is 0 Å². The predicted octanol–water partition coefficient (Wildman–Crippen LogP) is 3.74. The van der Waals surface area contributed by atoms with E-state index in [1.807, 2.05) is 6.20 Å². The Kier molecular flexibility index (Phi) is 6.63. The van der Waals surface area contributed by atoms with Crippen molar-refractivity contribution in [2.75, 3.05) is 27.2 Å². The first kappa shape index (κ1) is 20.0. The molecule has 0 saturated carbocycles. The smallest absolute Gasteiger partial charge is 0.303 e. The normalized spacial score (nSPS) is 20.9. The van der Waals surface area contributed by atoms with Gasteiger partial charge >= 0.3 is 5.97 Å². The van der Waals surface area contributed by atoms with E-state index < -0.39 is 5.97 Å². The minimum absolute atomic E-state index is 0.251. The van der Waals surface area contributed by atoms with Crippen LogP contribution in [0.2, 0.25) is 0 Å². The van der Waals surface area contributed by atoms with Crippen molar-refractivity contribution in [2.24, 2.45) is 5.92 Å². The van der Waals surface area contributed by atoms with Gasteiger partial charge in [0.05, 0.1) is 0 Å². The molecule has 1 saturated heterocycles. The van der Waals surface area contributed by atoms with Gasteiger partial charge in [0, 0.05) is 48.7 Å². The number of aryl methyl sites for hydroxylation is 1. The van der Waals surface area contributed by atoms with Crippen molar-refractivity contribution >= 4 is 17.3 Å². The number of carbonyl (C=O) groups is 1. The summed E-state index contributed by atoms with van der Waals surface area (Å²) in [5, 5.41) is 10.1. The number of hydrogen-bond acceptors (Lipinski definition) is 5. The molecule has 3 rings (SSSR count). The molecule has 1 aliphatic rings. The lowest BCUT2D eigenvalue weighted by Crippen LogP contribution is -2.48. The number of likely N-dealkylation sites (tertiary alicyclic amines) is 1. The largest absolute Gasteiger partial charge is 0.481 e. The molecule has 1 aromatic heterocycles. The fourth-order valence-corrected chi connectivity index (χ4v) is 5.09. The SMILES string of the molecule is Cc1ccccc1-c1ncc(CN2CCC(N(C)C)C(CCC(=O)O)C2)s1. The highest BCUT2D eigenvalue weighted by Crippen LogP contribution is 2.30. The number of nitrogens with zero attached hydrogens (tertiary/aromatic N) is 3. The number of thiazole rings is 1. The van der Waals surface area contributed by atoms with E-state index in [2.05, 4.69) is 60.1 Å². The van der Waals surface area contributed by atoms with E-state index in [1.54, 1.807) is 11.3 Å². The Morgan fingerprint density at radius 2 is 2.15 bits per heavy atom. The van der Waals surface area contributed by atoms with E-state index in [0.717, 1.165) is 37.5 Å². The van der Waals surface area contributed by atoms with Gasteiger partial charge < -0.3 is 10.0 Å². The van der Waals surface area contributed by atoms with Crippen LogP contribution in [0.3, 0.4) is 0 Å². The summed E-state index contributed by atoms with van der Waals surface area (Å²) < 4.78 is 0. The first-order valence-corrected chi connectivity index (χ1v) is 10.4. The van der Waals surface area contributed by atoms with Crippen LogP contribution in [0.25, 0.3) is 10.6 Å². The van der Waals surface area contributed by atoms with Gasteiger partial charge in [0.1, 0.15) is 5.01 Å². The molecule has 27 heavy (non-hydrogen) atoms. The quantitative estimate of drug-likeness (QED) is 0.784. The number of rotatable bonds is 7. The summed E-state index contributed by atoms with van der Waals surface area (Å²) in [6, 6.07) is 8.82. The Bertz CT molecular complexity index is 774. The van der Waals surface area contributed by atoms with E-state index in [-0.39, 0.29) is 6.42 Å². The average molecular weight is 388 g/mol. The summed E-state index contributed by atoms with van der Waals surface area (Å²) in [6.45, 7) is 5.01. The standard InChI is InChI=1S/C21H29N3O2S/c1-15-6-4-5-7-18(15)21-22-12-17(27-21)14-24-11-10-19(23(2)3)16(13-24)8-9-20(25)26/h4-7,12,16,19H,8-11,13-14H2,1-3H3,(H,25,26). The third-order valence-electron chi connectivity index (χ3n) is 5.48. The molecular formula is C21H29N3O2S. The maximum Gasteiger partial charge on any atom is 0.303 e. The van der Waals surface area contributed by atoms with Crippen LogP contribution in [0, 0.1) is 12.8 Å². The summed E-state index contributed by atoms with van der Waals surface area (Å²) in [6.07, 6.45) is 4.07. The van der Waals surface area contributed by atoms with E-state index in [0.29, 0.717) is 12.0 Å². The van der Waals surface area contributed by atoms with Crippen LogP contribution in [-0.2, 0) is 11.3 Å². The Hall–Kier alpha value is -1.76. The van der Waals surface area contributed by atoms with E-state index in [9.17, 15) is 4.79 Å². The summed E-state index contributed by atoms with van der Waals surface area (Å²) >= 11 is 1.76. The van der Waals surface area contributed by atoms with Gasteiger partial charge in [0.25, 0.3) is 0 Å². The lowest BCUT2D eigenvalue weighted by molar-refractivity contribution is -0.137. The zero-order valence-electron chi connectivity index (χ0n) is 16.4. The van der Waals surface area contributed by atoms with Crippen molar-refractivity contribution in [3.05, 3.63) is 40.9 Å². The van der Waals surface area contributed by atoms with Gasteiger partial charge in [-0.05, 0) is 45.3 Å². The second-order valence-electron chi connectivity index (χ2n) is 7.69. The van der Waals surface area contributed by atoms with Crippen LogP contribution in [0.4, 0.5) is 0 Å². The van der Waals surface area contributed by atoms with Gasteiger partial charge in [0.2, 0.25) is 0 Å². The second-order valence-corrected chi connectivity index (χ2v) is 8.81. The van der Waals surface area contributed by atoms with E-state index in [4.69, 9.17) is 5.11 Å². The van der Waals surface area contributed by atoms with Gasteiger partial charge in [-0.3, -0.25) is 9.69 Å². The highest BCUT2D eigenvalue weighted by molar-refractivity contribution is 7.15. The number of carboxylic acid groups (broad SMARTS) is 1. The summed E-state index contributed by atoms with van der Waals surface area (Å²) in [7, 11) is 4.21. The molecule has 2 heterocycles. The van der Waals surface area contributed by atoms with Crippen LogP contribution in [0.1, 0.15) is 29.7 Å². The molecule has 6 heteroatoms. The highest BCUT2D eigenvalue weighted by atomic mass is 32.1. The molecule has 0 radical (unpaired) electrons. The molecule has 2 unspecified atom stereocenters. The maximum absolute atomic E-state index is 11.0. The zero-order valence-corrected chi connectivity index (χ0v) is 17.2. The van der Waals surface area contributed by atoms with Crippen molar-refractivity contribution in [3.8, 4) is 10.6 Å². The fourth-order valence-electron chi connectivity index (χ4n) is 4.05. The summed E-state index contributed by atoms with van der Waals surface area (Å²) in [4.78, 5) is 21.7. The lowest BCUT2D eigenvalue weighted by atomic mass is 9.87. The number of carboxylic acids is 1. The minimum Gasteiger partial charge on any atom is -0.481 e. The average Bonchev–Trinajstić information content (AvgIpc) is 3.08. The van der Waals surface area contributed by atoms with Gasteiger partial charge in [-0.2, -0.15) is 0 Å².